The van der Waals surface area contributed by atoms with Crippen LogP contribution in [0.5, 0.6) is 5.75 Å². The number of anilines is 1. The van der Waals surface area contributed by atoms with Crippen LogP contribution in [0.25, 0.3) is 0 Å². The van der Waals surface area contributed by atoms with Gasteiger partial charge in [-0.05, 0) is 49.8 Å². The molecule has 1 aromatic carbocycles. The number of fused-ring (bicyclic) bond motifs is 2. The molecule has 1 amide bonds. The summed E-state index contributed by atoms with van der Waals surface area (Å²) in [5.74, 6) is 2.63. The number of aromatic nitrogens is 2. The third kappa shape index (κ3) is 3.48. The van der Waals surface area contributed by atoms with Gasteiger partial charge in [0.1, 0.15) is 17.4 Å². The Hall–Kier alpha value is -2.63. The number of hydrogen-bond donors (Lipinski definition) is 1. The fourth-order valence-corrected chi connectivity index (χ4v) is 4.13. The molecular formula is C21H26N4O2. The standard InChI is InChI=1S/C21H26N4O2/c1-13-23-19-12-25(14(2)26)8-7-18(19)21(24-13)22-11-17-9-15-5-4-6-16(15)10-20(17)27-3/h9-10H,4-8,11-12H2,1-3H3,(H,22,23,24). The minimum atomic E-state index is 0.0919. The van der Waals surface area contributed by atoms with E-state index in [1.54, 1.807) is 14.0 Å². The maximum absolute atomic E-state index is 11.7. The summed E-state index contributed by atoms with van der Waals surface area (Å²) >= 11 is 0. The molecule has 142 valence electrons. The molecular weight excluding hydrogens is 340 g/mol. The fraction of sp³-hybridized carbons (Fsp3) is 0.476. The van der Waals surface area contributed by atoms with Crippen LogP contribution in [0.3, 0.4) is 0 Å². The van der Waals surface area contributed by atoms with Crippen molar-refractivity contribution < 1.29 is 9.53 Å². The molecule has 0 spiro atoms. The van der Waals surface area contributed by atoms with E-state index in [0.29, 0.717) is 19.6 Å². The molecule has 0 atom stereocenters. The highest BCUT2D eigenvalue weighted by atomic mass is 16.5. The summed E-state index contributed by atoms with van der Waals surface area (Å²) in [6.45, 7) is 5.44. The summed E-state index contributed by atoms with van der Waals surface area (Å²) in [7, 11) is 1.73. The molecule has 0 radical (unpaired) electrons. The fourth-order valence-electron chi connectivity index (χ4n) is 4.13. The van der Waals surface area contributed by atoms with Gasteiger partial charge in [-0.2, -0.15) is 0 Å². The van der Waals surface area contributed by atoms with Crippen LogP contribution in [0, 0.1) is 6.92 Å². The monoisotopic (exact) mass is 366 g/mol. The average Bonchev–Trinajstić information content (AvgIpc) is 3.11. The van der Waals surface area contributed by atoms with Crippen molar-refractivity contribution in [3.05, 3.63) is 45.9 Å². The Bertz CT molecular complexity index is 894. The average molecular weight is 366 g/mol. The highest BCUT2D eigenvalue weighted by molar-refractivity contribution is 5.73. The third-order valence-corrected chi connectivity index (χ3v) is 5.56. The van der Waals surface area contributed by atoms with Gasteiger partial charge in [0.05, 0.1) is 19.3 Å². The molecule has 1 aliphatic heterocycles. The van der Waals surface area contributed by atoms with Crippen molar-refractivity contribution in [3.8, 4) is 5.75 Å². The van der Waals surface area contributed by atoms with Crippen molar-refractivity contribution in [1.82, 2.24) is 14.9 Å². The number of benzene rings is 1. The van der Waals surface area contributed by atoms with Crippen molar-refractivity contribution in [2.24, 2.45) is 0 Å². The van der Waals surface area contributed by atoms with Gasteiger partial charge >= 0.3 is 0 Å². The smallest absolute Gasteiger partial charge is 0.219 e. The first kappa shape index (κ1) is 17.8. The number of methoxy groups -OCH3 is 1. The molecule has 6 heteroatoms. The second-order valence-electron chi connectivity index (χ2n) is 7.38. The number of ether oxygens (including phenoxy) is 1. The SMILES string of the molecule is COc1cc2c(cc1CNc1nc(C)nc3c1CCN(C(C)=O)C3)CCC2. The summed E-state index contributed by atoms with van der Waals surface area (Å²) < 4.78 is 5.62. The van der Waals surface area contributed by atoms with Crippen LogP contribution in [0.4, 0.5) is 5.82 Å². The first-order valence-electron chi connectivity index (χ1n) is 9.59. The number of nitrogens with one attached hydrogen (secondary N) is 1. The zero-order chi connectivity index (χ0) is 19.0. The maximum atomic E-state index is 11.7. The van der Waals surface area contributed by atoms with Crippen LogP contribution in [0.15, 0.2) is 12.1 Å². The molecule has 0 unspecified atom stereocenters. The lowest BCUT2D eigenvalue weighted by atomic mass is 10.0. The van der Waals surface area contributed by atoms with Gasteiger partial charge in [0, 0.05) is 31.1 Å². The van der Waals surface area contributed by atoms with E-state index in [2.05, 4.69) is 27.4 Å². The number of carbonyl (C=O) groups excluding carboxylic acids is 1. The second kappa shape index (κ2) is 7.18. The van der Waals surface area contributed by atoms with Crippen LogP contribution >= 0.6 is 0 Å². The number of nitrogens with zero attached hydrogens (tertiary/aromatic N) is 3. The summed E-state index contributed by atoms with van der Waals surface area (Å²) in [4.78, 5) is 22.7. The molecule has 2 heterocycles. The molecule has 0 saturated carbocycles. The second-order valence-corrected chi connectivity index (χ2v) is 7.38. The van der Waals surface area contributed by atoms with E-state index in [1.807, 2.05) is 11.8 Å². The molecule has 1 aromatic heterocycles. The van der Waals surface area contributed by atoms with Crippen LogP contribution in [-0.2, 0) is 37.1 Å². The van der Waals surface area contributed by atoms with E-state index in [4.69, 9.17) is 4.74 Å². The molecule has 4 rings (SSSR count). The summed E-state index contributed by atoms with van der Waals surface area (Å²) in [6.07, 6.45) is 4.29. The lowest BCUT2D eigenvalue weighted by molar-refractivity contribution is -0.129. The Balaban J connectivity index is 1.58. The van der Waals surface area contributed by atoms with Gasteiger partial charge in [-0.3, -0.25) is 4.79 Å². The van der Waals surface area contributed by atoms with Gasteiger partial charge in [0.2, 0.25) is 5.91 Å². The normalized spacial score (nSPS) is 15.3. The van der Waals surface area contributed by atoms with Crippen LogP contribution in [0.1, 0.15) is 47.1 Å². The van der Waals surface area contributed by atoms with Crippen LogP contribution < -0.4 is 10.1 Å². The lowest BCUT2D eigenvalue weighted by Crippen LogP contribution is -2.35. The Morgan fingerprint density at radius 3 is 2.74 bits per heavy atom. The highest BCUT2D eigenvalue weighted by Gasteiger charge is 2.23. The number of aryl methyl sites for hydroxylation is 3. The van der Waals surface area contributed by atoms with Crippen molar-refractivity contribution in [2.45, 2.75) is 52.6 Å². The van der Waals surface area contributed by atoms with E-state index < -0.39 is 0 Å². The molecule has 2 aromatic rings. The van der Waals surface area contributed by atoms with Gasteiger partial charge in [-0.25, -0.2) is 9.97 Å². The summed E-state index contributed by atoms with van der Waals surface area (Å²) in [6, 6.07) is 4.46. The molecule has 0 saturated heterocycles. The van der Waals surface area contributed by atoms with Crippen molar-refractivity contribution in [3.63, 3.8) is 0 Å². The largest absolute Gasteiger partial charge is 0.496 e. The van der Waals surface area contributed by atoms with Gasteiger partial charge in [-0.15, -0.1) is 0 Å². The summed E-state index contributed by atoms with van der Waals surface area (Å²) in [5, 5.41) is 3.51. The molecule has 0 fully saturated rings. The number of hydrogen-bond acceptors (Lipinski definition) is 5. The Labute approximate surface area is 160 Å². The van der Waals surface area contributed by atoms with Gasteiger partial charge in [0.25, 0.3) is 0 Å². The predicted molar refractivity (Wildman–Crippen MR) is 104 cm³/mol. The van der Waals surface area contributed by atoms with E-state index in [0.717, 1.165) is 53.5 Å². The Kier molecular flexibility index (Phi) is 4.72. The van der Waals surface area contributed by atoms with Gasteiger partial charge in [-0.1, -0.05) is 6.07 Å². The minimum Gasteiger partial charge on any atom is -0.496 e. The van der Waals surface area contributed by atoms with Crippen LogP contribution in [0.2, 0.25) is 0 Å². The molecule has 27 heavy (non-hydrogen) atoms. The first-order valence-corrected chi connectivity index (χ1v) is 9.59. The molecule has 1 N–H and O–H groups in total. The van der Waals surface area contributed by atoms with Crippen molar-refractivity contribution >= 4 is 11.7 Å². The Morgan fingerprint density at radius 1 is 1.22 bits per heavy atom. The lowest BCUT2D eigenvalue weighted by Gasteiger charge is -2.28. The topological polar surface area (TPSA) is 67.3 Å². The van der Waals surface area contributed by atoms with Gasteiger partial charge in [0.15, 0.2) is 0 Å². The maximum Gasteiger partial charge on any atom is 0.219 e. The molecule has 6 nitrogen and oxygen atoms in total. The van der Waals surface area contributed by atoms with Gasteiger partial charge < -0.3 is 15.0 Å². The predicted octanol–water partition coefficient (Wildman–Crippen LogP) is 2.80. The highest BCUT2D eigenvalue weighted by Crippen LogP contribution is 2.31. The quantitative estimate of drug-likeness (QED) is 0.901. The third-order valence-electron chi connectivity index (χ3n) is 5.56. The molecule has 1 aliphatic carbocycles. The van der Waals surface area contributed by atoms with E-state index >= 15 is 0 Å². The molecule has 2 aliphatic rings. The van der Waals surface area contributed by atoms with Crippen molar-refractivity contribution in [2.75, 3.05) is 19.0 Å². The van der Waals surface area contributed by atoms with Crippen LogP contribution in [-0.4, -0.2) is 34.4 Å². The zero-order valence-corrected chi connectivity index (χ0v) is 16.3. The summed E-state index contributed by atoms with van der Waals surface area (Å²) in [5.41, 5.74) is 6.08. The first-order chi connectivity index (χ1) is 13.0. The number of carbonyl (C=O) groups is 1. The van der Waals surface area contributed by atoms with E-state index in [-0.39, 0.29) is 5.91 Å². The van der Waals surface area contributed by atoms with E-state index in [9.17, 15) is 4.79 Å². The Morgan fingerprint density at radius 2 is 2.00 bits per heavy atom. The van der Waals surface area contributed by atoms with Crippen molar-refractivity contribution in [1.29, 1.82) is 0 Å². The number of amides is 1. The zero-order valence-electron chi connectivity index (χ0n) is 16.3. The number of rotatable bonds is 4. The van der Waals surface area contributed by atoms with E-state index in [1.165, 1.54) is 17.5 Å². The molecule has 0 bridgehead atoms. The minimum absolute atomic E-state index is 0.0919.